The summed E-state index contributed by atoms with van der Waals surface area (Å²) >= 11 is 0. The molecule has 0 N–H and O–H groups in total. The van der Waals surface area contributed by atoms with Crippen LogP contribution >= 0.6 is 0 Å². The zero-order valence-corrected chi connectivity index (χ0v) is 8.76. The van der Waals surface area contributed by atoms with Gasteiger partial charge in [0.05, 0.1) is 19.3 Å². The Labute approximate surface area is 90.5 Å². The molecule has 1 fully saturated rings. The van der Waals surface area contributed by atoms with E-state index in [9.17, 15) is 0 Å². The molecule has 1 aliphatic heterocycles. The van der Waals surface area contributed by atoms with Crippen LogP contribution in [0.5, 0.6) is 0 Å². The molecule has 2 nitrogen and oxygen atoms in total. The first-order valence-electron chi connectivity index (χ1n) is 5.28. The number of hydrogen-bond donors (Lipinski definition) is 0. The van der Waals surface area contributed by atoms with Crippen LogP contribution < -0.4 is 0 Å². The Kier molecular flexibility index (Phi) is 3.54. The van der Waals surface area contributed by atoms with E-state index in [2.05, 4.69) is 18.7 Å². The molecule has 2 heteroatoms. The molecule has 80 valence electrons. The van der Waals surface area contributed by atoms with Gasteiger partial charge in [-0.3, -0.25) is 0 Å². The number of hydrogen-bond acceptors (Lipinski definition) is 2. The Hall–Kier alpha value is -1.12. The largest absolute Gasteiger partial charge is 0.370 e. The van der Waals surface area contributed by atoms with E-state index < -0.39 is 0 Å². The normalized spacial score (nSPS) is 20.9. The van der Waals surface area contributed by atoms with E-state index in [-0.39, 0.29) is 12.2 Å². The lowest BCUT2D eigenvalue weighted by atomic mass is 10.2. The van der Waals surface area contributed by atoms with Crippen LogP contribution in [0.25, 0.3) is 0 Å². The Bertz CT molecular complexity index is 304. The van der Waals surface area contributed by atoms with E-state index in [4.69, 9.17) is 9.47 Å². The maximum Gasteiger partial charge on any atom is 0.107 e. The first-order chi connectivity index (χ1) is 7.40. The van der Waals surface area contributed by atoms with Crippen LogP contribution in [-0.4, -0.2) is 18.8 Å². The van der Waals surface area contributed by atoms with Gasteiger partial charge in [0.15, 0.2) is 0 Å². The molecule has 0 unspecified atom stereocenters. The number of benzene rings is 1. The van der Waals surface area contributed by atoms with Crippen LogP contribution in [-0.2, 0) is 16.1 Å². The van der Waals surface area contributed by atoms with Crippen molar-refractivity contribution >= 4 is 0 Å². The highest BCUT2D eigenvalue weighted by Gasteiger charge is 2.32. The van der Waals surface area contributed by atoms with Crippen molar-refractivity contribution in [1.82, 2.24) is 0 Å². The smallest absolute Gasteiger partial charge is 0.107 e. The molecule has 1 saturated heterocycles. The number of rotatable bonds is 6. The Morgan fingerprint density at radius 1 is 1.47 bits per heavy atom. The lowest BCUT2D eigenvalue weighted by molar-refractivity contribution is 0.0238. The molecule has 2 rings (SSSR count). The highest BCUT2D eigenvalue weighted by Crippen LogP contribution is 2.21. The van der Waals surface area contributed by atoms with Gasteiger partial charge in [-0.2, -0.15) is 0 Å². The summed E-state index contributed by atoms with van der Waals surface area (Å²) in [6.07, 6.45) is 3.20. The Morgan fingerprint density at radius 2 is 2.20 bits per heavy atom. The number of epoxide rings is 1. The molecular formula is C13H16O2. The van der Waals surface area contributed by atoms with E-state index in [1.165, 1.54) is 5.56 Å². The van der Waals surface area contributed by atoms with E-state index >= 15 is 0 Å². The van der Waals surface area contributed by atoms with Crippen molar-refractivity contribution in [2.24, 2.45) is 0 Å². The van der Waals surface area contributed by atoms with Gasteiger partial charge in [0.2, 0.25) is 0 Å². The van der Waals surface area contributed by atoms with Crippen molar-refractivity contribution in [2.45, 2.75) is 25.2 Å². The molecule has 1 aromatic carbocycles. The zero-order valence-electron chi connectivity index (χ0n) is 8.76. The minimum atomic E-state index is 0.169. The quantitative estimate of drug-likeness (QED) is 0.524. The van der Waals surface area contributed by atoms with Crippen LogP contribution in [0, 0.1) is 0 Å². The van der Waals surface area contributed by atoms with E-state index in [0.29, 0.717) is 6.61 Å². The second-order valence-corrected chi connectivity index (χ2v) is 3.73. The molecule has 0 saturated carbocycles. The van der Waals surface area contributed by atoms with E-state index in [1.807, 2.05) is 24.3 Å². The van der Waals surface area contributed by atoms with Gasteiger partial charge < -0.3 is 9.47 Å². The lowest BCUT2D eigenvalue weighted by Crippen LogP contribution is -2.18. The van der Waals surface area contributed by atoms with Crippen LogP contribution in [0.2, 0.25) is 0 Å². The van der Waals surface area contributed by atoms with Crippen molar-refractivity contribution in [1.29, 1.82) is 0 Å². The van der Waals surface area contributed by atoms with Gasteiger partial charge in [-0.05, 0) is 12.0 Å². The molecule has 1 heterocycles. The fourth-order valence-corrected chi connectivity index (χ4v) is 1.54. The summed E-state index contributed by atoms with van der Waals surface area (Å²) < 4.78 is 11.0. The molecule has 0 aromatic heterocycles. The summed E-state index contributed by atoms with van der Waals surface area (Å²) in [4.78, 5) is 0. The monoisotopic (exact) mass is 204 g/mol. The Balaban J connectivity index is 1.82. The van der Waals surface area contributed by atoms with Gasteiger partial charge in [-0.25, -0.2) is 0 Å². The van der Waals surface area contributed by atoms with Gasteiger partial charge in [-0.1, -0.05) is 36.4 Å². The summed E-state index contributed by atoms with van der Waals surface area (Å²) in [5, 5.41) is 0. The predicted molar refractivity (Wildman–Crippen MR) is 59.6 cm³/mol. The van der Waals surface area contributed by atoms with Crippen molar-refractivity contribution in [2.75, 3.05) is 6.61 Å². The molecule has 2 atom stereocenters. The molecule has 0 spiro atoms. The molecule has 0 bridgehead atoms. The van der Waals surface area contributed by atoms with Crippen LogP contribution in [0.4, 0.5) is 0 Å². The molecule has 1 aliphatic rings. The maximum absolute atomic E-state index is 5.80. The summed E-state index contributed by atoms with van der Waals surface area (Å²) in [5.74, 6) is 0. The Morgan fingerprint density at radius 3 is 2.80 bits per heavy atom. The summed E-state index contributed by atoms with van der Waals surface area (Å²) in [7, 11) is 0. The molecule has 0 amide bonds. The third-order valence-electron chi connectivity index (χ3n) is 2.48. The van der Waals surface area contributed by atoms with Crippen molar-refractivity contribution in [3.8, 4) is 0 Å². The van der Waals surface area contributed by atoms with Crippen molar-refractivity contribution < 1.29 is 9.47 Å². The van der Waals surface area contributed by atoms with Crippen molar-refractivity contribution in [3.63, 3.8) is 0 Å². The summed E-state index contributed by atoms with van der Waals surface area (Å²) in [6, 6.07) is 10.2. The average molecular weight is 204 g/mol. The van der Waals surface area contributed by atoms with Gasteiger partial charge in [0.1, 0.15) is 6.10 Å². The highest BCUT2D eigenvalue weighted by atomic mass is 16.6. The highest BCUT2D eigenvalue weighted by molar-refractivity contribution is 5.13. The second-order valence-electron chi connectivity index (χ2n) is 3.73. The minimum Gasteiger partial charge on any atom is -0.370 e. The SMILES string of the molecule is C=CC[C@H](OCc1ccccc1)[C@@H]1CO1. The fraction of sp³-hybridized carbons (Fsp3) is 0.385. The third kappa shape index (κ3) is 3.18. The molecular weight excluding hydrogens is 188 g/mol. The topological polar surface area (TPSA) is 21.8 Å². The van der Waals surface area contributed by atoms with Gasteiger partial charge in [-0.15, -0.1) is 6.58 Å². The summed E-state index contributed by atoms with van der Waals surface area (Å²) in [5.41, 5.74) is 1.20. The third-order valence-corrected chi connectivity index (χ3v) is 2.48. The van der Waals surface area contributed by atoms with Crippen molar-refractivity contribution in [3.05, 3.63) is 48.6 Å². The van der Waals surface area contributed by atoms with E-state index in [1.54, 1.807) is 0 Å². The predicted octanol–water partition coefficient (Wildman–Crippen LogP) is 2.55. The van der Waals surface area contributed by atoms with Crippen LogP contribution in [0.1, 0.15) is 12.0 Å². The van der Waals surface area contributed by atoms with Gasteiger partial charge in [0, 0.05) is 0 Å². The fourth-order valence-electron chi connectivity index (χ4n) is 1.54. The number of ether oxygens (including phenoxy) is 2. The summed E-state index contributed by atoms with van der Waals surface area (Å²) in [6.45, 7) is 5.21. The van der Waals surface area contributed by atoms with E-state index in [0.717, 1.165) is 13.0 Å². The first kappa shape index (κ1) is 10.4. The van der Waals surface area contributed by atoms with Gasteiger partial charge in [0.25, 0.3) is 0 Å². The first-order valence-corrected chi connectivity index (χ1v) is 5.28. The zero-order chi connectivity index (χ0) is 10.5. The lowest BCUT2D eigenvalue weighted by Gasteiger charge is -2.13. The minimum absolute atomic E-state index is 0.169. The molecule has 0 aliphatic carbocycles. The molecule has 1 aromatic rings. The van der Waals surface area contributed by atoms with Crippen LogP contribution in [0.3, 0.4) is 0 Å². The van der Waals surface area contributed by atoms with Gasteiger partial charge >= 0.3 is 0 Å². The average Bonchev–Trinajstić information content (AvgIpc) is 3.09. The maximum atomic E-state index is 5.80. The molecule has 0 radical (unpaired) electrons. The standard InChI is InChI=1S/C13H16O2/c1-2-6-12(13-10-15-13)14-9-11-7-4-3-5-8-11/h2-5,7-8,12-13H,1,6,9-10H2/t12-,13-/m0/s1. The second kappa shape index (κ2) is 5.10. The van der Waals surface area contributed by atoms with Crippen LogP contribution in [0.15, 0.2) is 43.0 Å². The molecule has 15 heavy (non-hydrogen) atoms.